The third kappa shape index (κ3) is 13.1. The summed E-state index contributed by atoms with van der Waals surface area (Å²) in [7, 11) is 5.29. The minimum absolute atomic E-state index is 0.00463. The van der Waals surface area contributed by atoms with Crippen LogP contribution in [0.3, 0.4) is 0 Å². The predicted octanol–water partition coefficient (Wildman–Crippen LogP) is -0.475. The van der Waals surface area contributed by atoms with Gasteiger partial charge in [-0.1, -0.05) is 0 Å². The third-order valence-electron chi connectivity index (χ3n) is 1.87. The van der Waals surface area contributed by atoms with Gasteiger partial charge in [0.2, 0.25) is 5.91 Å². The van der Waals surface area contributed by atoms with Crippen molar-refractivity contribution in [3.05, 3.63) is 0 Å². The number of nitrogens with one attached hydrogen (secondary N) is 3. The maximum absolute atomic E-state index is 10.8. The number of likely N-dealkylation sites (N-methyl/N-ethyl adjacent to an activating group) is 1. The SMILES string of the molecule is CNC(C)=O.CNCC[C@H](NC)C(C)=O. The summed E-state index contributed by atoms with van der Waals surface area (Å²) in [6, 6.07) is 0.0208. The Morgan fingerprint density at radius 2 is 1.60 bits per heavy atom. The third-order valence-corrected chi connectivity index (χ3v) is 1.87. The molecule has 0 aliphatic rings. The summed E-state index contributed by atoms with van der Waals surface area (Å²) < 4.78 is 0. The van der Waals surface area contributed by atoms with E-state index < -0.39 is 0 Å². The normalized spacial score (nSPS) is 11.0. The second-order valence-corrected chi connectivity index (χ2v) is 3.15. The minimum atomic E-state index is 0.00463. The Labute approximate surface area is 92.0 Å². The molecule has 0 spiro atoms. The molecule has 15 heavy (non-hydrogen) atoms. The van der Waals surface area contributed by atoms with E-state index in [-0.39, 0.29) is 17.7 Å². The molecule has 90 valence electrons. The van der Waals surface area contributed by atoms with Crippen molar-refractivity contribution in [3.63, 3.8) is 0 Å². The van der Waals surface area contributed by atoms with Crippen LogP contribution < -0.4 is 16.0 Å². The molecule has 1 atom stereocenters. The van der Waals surface area contributed by atoms with Gasteiger partial charge < -0.3 is 16.0 Å². The van der Waals surface area contributed by atoms with Gasteiger partial charge in [0.25, 0.3) is 0 Å². The Kier molecular flexibility index (Phi) is 12.2. The molecule has 0 saturated heterocycles. The molecule has 0 radical (unpaired) electrons. The number of hydrogen-bond acceptors (Lipinski definition) is 4. The molecule has 0 aromatic heterocycles. The molecule has 3 N–H and O–H groups in total. The summed E-state index contributed by atoms with van der Waals surface area (Å²) >= 11 is 0. The molecule has 0 bridgehead atoms. The molecular weight excluding hydrogens is 194 g/mol. The Balaban J connectivity index is 0. The number of hydrogen-bond donors (Lipinski definition) is 3. The van der Waals surface area contributed by atoms with Gasteiger partial charge in [0.1, 0.15) is 5.78 Å². The fourth-order valence-electron chi connectivity index (χ4n) is 0.840. The van der Waals surface area contributed by atoms with Crippen molar-refractivity contribution in [1.29, 1.82) is 0 Å². The van der Waals surface area contributed by atoms with Crippen LogP contribution in [0.15, 0.2) is 0 Å². The first-order valence-corrected chi connectivity index (χ1v) is 5.00. The van der Waals surface area contributed by atoms with E-state index in [4.69, 9.17) is 0 Å². The van der Waals surface area contributed by atoms with Crippen LogP contribution in [-0.4, -0.2) is 45.4 Å². The molecule has 0 unspecified atom stereocenters. The van der Waals surface area contributed by atoms with Crippen molar-refractivity contribution in [3.8, 4) is 0 Å². The highest BCUT2D eigenvalue weighted by Crippen LogP contribution is 1.90. The largest absolute Gasteiger partial charge is 0.359 e. The molecule has 1 amide bonds. The number of amides is 1. The van der Waals surface area contributed by atoms with E-state index in [1.54, 1.807) is 14.0 Å². The summed E-state index contributed by atoms with van der Waals surface area (Å²) in [5, 5.41) is 8.33. The Bertz CT molecular complexity index is 184. The van der Waals surface area contributed by atoms with Gasteiger partial charge >= 0.3 is 0 Å². The monoisotopic (exact) mass is 217 g/mol. The molecule has 5 heteroatoms. The van der Waals surface area contributed by atoms with Crippen LogP contribution in [0.25, 0.3) is 0 Å². The van der Waals surface area contributed by atoms with Crippen molar-refractivity contribution in [2.24, 2.45) is 0 Å². The quantitative estimate of drug-likeness (QED) is 0.582. The summed E-state index contributed by atoms with van der Waals surface area (Å²) in [6.07, 6.45) is 0.863. The van der Waals surface area contributed by atoms with Crippen molar-refractivity contribution in [2.75, 3.05) is 27.7 Å². The Morgan fingerprint density at radius 1 is 1.13 bits per heavy atom. The maximum Gasteiger partial charge on any atom is 0.216 e. The van der Waals surface area contributed by atoms with Crippen LogP contribution in [0.4, 0.5) is 0 Å². The molecular formula is C10H23N3O2. The van der Waals surface area contributed by atoms with Crippen LogP contribution >= 0.6 is 0 Å². The topological polar surface area (TPSA) is 70.2 Å². The maximum atomic E-state index is 10.8. The standard InChI is InChI=1S/C7H16N2O.C3H7NO/c1-6(10)7(9-3)4-5-8-2;1-3(5)4-2/h7-9H,4-5H2,1-3H3;1-2H3,(H,4,5)/t7-;/m0./s1. The zero-order valence-corrected chi connectivity index (χ0v) is 10.3. The Hall–Kier alpha value is -0.940. The van der Waals surface area contributed by atoms with Gasteiger partial charge in [0, 0.05) is 14.0 Å². The first kappa shape index (κ1) is 16.5. The number of ketones is 1. The summed E-state index contributed by atoms with van der Waals surface area (Å²) in [5.74, 6) is 0.211. The van der Waals surface area contributed by atoms with Crippen LogP contribution in [-0.2, 0) is 9.59 Å². The summed E-state index contributed by atoms with van der Waals surface area (Å²) in [6.45, 7) is 3.96. The molecule has 0 rings (SSSR count). The second-order valence-electron chi connectivity index (χ2n) is 3.15. The van der Waals surface area contributed by atoms with Crippen LogP contribution in [0, 0.1) is 0 Å². The molecule has 0 aliphatic heterocycles. The molecule has 0 aliphatic carbocycles. The van der Waals surface area contributed by atoms with Gasteiger partial charge in [-0.05, 0) is 34.0 Å². The van der Waals surface area contributed by atoms with Crippen molar-refractivity contribution < 1.29 is 9.59 Å². The van der Waals surface area contributed by atoms with Gasteiger partial charge in [0.15, 0.2) is 0 Å². The van der Waals surface area contributed by atoms with E-state index in [0.29, 0.717) is 0 Å². The zero-order chi connectivity index (χ0) is 12.3. The number of Topliss-reactive ketones (excluding diaryl/α,β-unsaturated/α-hetero) is 1. The molecule has 0 fully saturated rings. The number of carbonyl (C=O) groups is 2. The fraction of sp³-hybridized carbons (Fsp3) is 0.800. The van der Waals surface area contributed by atoms with Gasteiger partial charge in [-0.2, -0.15) is 0 Å². The summed E-state index contributed by atoms with van der Waals surface area (Å²) in [4.78, 5) is 20.5. The molecule has 0 aromatic carbocycles. The van der Waals surface area contributed by atoms with Gasteiger partial charge in [-0.15, -0.1) is 0 Å². The fourth-order valence-corrected chi connectivity index (χ4v) is 0.840. The van der Waals surface area contributed by atoms with Crippen molar-refractivity contribution in [1.82, 2.24) is 16.0 Å². The highest BCUT2D eigenvalue weighted by atomic mass is 16.1. The predicted molar refractivity (Wildman–Crippen MR) is 61.8 cm³/mol. The average molecular weight is 217 g/mol. The van der Waals surface area contributed by atoms with Gasteiger partial charge in [-0.3, -0.25) is 9.59 Å². The smallest absolute Gasteiger partial charge is 0.216 e. The lowest BCUT2D eigenvalue weighted by Gasteiger charge is -2.10. The second kappa shape index (κ2) is 11.1. The number of rotatable bonds is 5. The lowest BCUT2D eigenvalue weighted by molar-refractivity contribution is -0.119. The van der Waals surface area contributed by atoms with Crippen molar-refractivity contribution in [2.45, 2.75) is 26.3 Å². The average Bonchev–Trinajstić information content (AvgIpc) is 2.19. The molecule has 5 nitrogen and oxygen atoms in total. The van der Waals surface area contributed by atoms with Gasteiger partial charge in [-0.25, -0.2) is 0 Å². The molecule has 0 saturated carbocycles. The highest BCUT2D eigenvalue weighted by molar-refractivity contribution is 5.81. The lowest BCUT2D eigenvalue weighted by Crippen LogP contribution is -2.34. The lowest BCUT2D eigenvalue weighted by atomic mass is 10.1. The Morgan fingerprint density at radius 3 is 1.80 bits per heavy atom. The first-order chi connectivity index (χ1) is 6.99. The van der Waals surface area contributed by atoms with E-state index in [0.717, 1.165) is 13.0 Å². The minimum Gasteiger partial charge on any atom is -0.359 e. The van der Waals surface area contributed by atoms with E-state index in [9.17, 15) is 9.59 Å². The molecule has 0 aromatic rings. The number of carbonyl (C=O) groups excluding carboxylic acids is 2. The highest BCUT2D eigenvalue weighted by Gasteiger charge is 2.08. The van der Waals surface area contributed by atoms with E-state index in [2.05, 4.69) is 16.0 Å². The summed E-state index contributed by atoms with van der Waals surface area (Å²) in [5.41, 5.74) is 0. The first-order valence-electron chi connectivity index (χ1n) is 5.00. The van der Waals surface area contributed by atoms with E-state index in [1.165, 1.54) is 6.92 Å². The van der Waals surface area contributed by atoms with E-state index >= 15 is 0 Å². The van der Waals surface area contributed by atoms with E-state index in [1.807, 2.05) is 14.1 Å². The zero-order valence-electron chi connectivity index (χ0n) is 10.3. The van der Waals surface area contributed by atoms with Crippen LogP contribution in [0.2, 0.25) is 0 Å². The van der Waals surface area contributed by atoms with Crippen molar-refractivity contribution >= 4 is 11.7 Å². The molecule has 0 heterocycles. The van der Waals surface area contributed by atoms with Crippen LogP contribution in [0.5, 0.6) is 0 Å². The van der Waals surface area contributed by atoms with Gasteiger partial charge in [0.05, 0.1) is 6.04 Å². The van der Waals surface area contributed by atoms with Crippen LogP contribution in [0.1, 0.15) is 20.3 Å².